The van der Waals surface area contributed by atoms with Gasteiger partial charge < -0.3 is 4.57 Å². The van der Waals surface area contributed by atoms with Gasteiger partial charge in [0.1, 0.15) is 6.17 Å². The second-order valence-electron chi connectivity index (χ2n) is 9.24. The minimum Gasteiger partial charge on any atom is -0.351 e. The van der Waals surface area contributed by atoms with Gasteiger partial charge in [0.05, 0.1) is 5.52 Å². The first-order valence-corrected chi connectivity index (χ1v) is 12.2. The van der Waals surface area contributed by atoms with Gasteiger partial charge in [-0.3, -0.25) is 9.99 Å². The van der Waals surface area contributed by atoms with Gasteiger partial charge in [0.25, 0.3) is 0 Å². The van der Waals surface area contributed by atoms with Crippen molar-refractivity contribution in [1.82, 2.24) is 20.0 Å². The lowest BCUT2D eigenvalue weighted by atomic mass is 9.94. The highest BCUT2D eigenvalue weighted by Crippen LogP contribution is 2.35. The van der Waals surface area contributed by atoms with Crippen molar-refractivity contribution in [2.45, 2.75) is 6.17 Å². The largest absolute Gasteiger partial charge is 0.351 e. The summed E-state index contributed by atoms with van der Waals surface area (Å²) in [6.07, 6.45) is 4.07. The van der Waals surface area contributed by atoms with Gasteiger partial charge in [0.2, 0.25) is 5.96 Å². The molecule has 4 aromatic carbocycles. The fraction of sp³-hybridized carbons (Fsp3) is 0.0645. The molecule has 1 aliphatic rings. The molecule has 0 saturated carbocycles. The summed E-state index contributed by atoms with van der Waals surface area (Å²) in [5.41, 5.74) is 14.9. The van der Waals surface area contributed by atoms with Crippen LogP contribution in [0, 0.1) is 0 Å². The van der Waals surface area contributed by atoms with Gasteiger partial charge in [-0.05, 0) is 57.5 Å². The standard InChI is InChI=1S/C31H25N5/c1-35-17-15-21-11-13-24(19-28(21)35)26-9-5-6-10-27(26)25-14-12-22-16-18-36(29(22)20-25)31-32-30(33-34-31)23-7-3-2-4-8-23/h2-20,30,33H,1H3,(H,32,34). The first kappa shape index (κ1) is 20.7. The van der Waals surface area contributed by atoms with Crippen LogP contribution in [0.4, 0.5) is 0 Å². The van der Waals surface area contributed by atoms with Crippen LogP contribution in [0.5, 0.6) is 0 Å². The van der Waals surface area contributed by atoms with E-state index >= 15 is 0 Å². The topological polar surface area (TPSA) is 46.3 Å². The number of hydrazine groups is 1. The molecule has 0 aliphatic carbocycles. The number of nitrogens with zero attached hydrogens (tertiary/aromatic N) is 3. The molecule has 0 amide bonds. The van der Waals surface area contributed by atoms with Crippen LogP contribution < -0.4 is 10.9 Å². The smallest absolute Gasteiger partial charge is 0.219 e. The van der Waals surface area contributed by atoms with E-state index in [0.29, 0.717) is 0 Å². The number of benzene rings is 4. The van der Waals surface area contributed by atoms with E-state index in [9.17, 15) is 0 Å². The summed E-state index contributed by atoms with van der Waals surface area (Å²) in [6, 6.07) is 36.6. The second-order valence-corrected chi connectivity index (χ2v) is 9.24. The molecule has 7 rings (SSSR count). The number of hydrogen-bond acceptors (Lipinski definition) is 3. The highest BCUT2D eigenvalue weighted by Gasteiger charge is 2.20. The zero-order chi connectivity index (χ0) is 24.1. The molecule has 2 aromatic heterocycles. The number of rotatable bonds is 3. The zero-order valence-corrected chi connectivity index (χ0v) is 19.9. The van der Waals surface area contributed by atoms with Gasteiger partial charge in [-0.2, -0.15) is 0 Å². The summed E-state index contributed by atoms with van der Waals surface area (Å²) in [4.78, 5) is 4.91. The Morgan fingerprint density at radius 1 is 0.667 bits per heavy atom. The molecule has 2 N–H and O–H groups in total. The van der Waals surface area contributed by atoms with Crippen molar-refractivity contribution < 1.29 is 0 Å². The predicted molar refractivity (Wildman–Crippen MR) is 148 cm³/mol. The summed E-state index contributed by atoms with van der Waals surface area (Å²) in [6.45, 7) is 0. The summed E-state index contributed by atoms with van der Waals surface area (Å²) < 4.78 is 4.29. The van der Waals surface area contributed by atoms with Crippen molar-refractivity contribution in [1.29, 1.82) is 0 Å². The van der Waals surface area contributed by atoms with Crippen LogP contribution in [0.25, 0.3) is 44.1 Å². The van der Waals surface area contributed by atoms with E-state index < -0.39 is 0 Å². The van der Waals surface area contributed by atoms with Crippen LogP contribution in [-0.4, -0.2) is 15.1 Å². The molecular weight excluding hydrogens is 442 g/mol. The molecule has 0 bridgehead atoms. The van der Waals surface area contributed by atoms with Crippen molar-refractivity contribution in [3.05, 3.63) is 121 Å². The highest BCUT2D eigenvalue weighted by atomic mass is 15.5. The summed E-state index contributed by atoms with van der Waals surface area (Å²) in [5.74, 6) is 0.790. The Balaban J connectivity index is 1.31. The van der Waals surface area contributed by atoms with Gasteiger partial charge >= 0.3 is 0 Å². The average Bonchev–Trinajstić information content (AvgIpc) is 3.67. The van der Waals surface area contributed by atoms with Crippen molar-refractivity contribution >= 4 is 27.8 Å². The van der Waals surface area contributed by atoms with E-state index in [1.165, 1.54) is 38.5 Å². The molecule has 0 fully saturated rings. The molecule has 1 atom stereocenters. The summed E-state index contributed by atoms with van der Waals surface area (Å²) in [5, 5.41) is 2.43. The fourth-order valence-corrected chi connectivity index (χ4v) is 5.13. The number of aromatic nitrogens is 2. The van der Waals surface area contributed by atoms with Crippen LogP contribution >= 0.6 is 0 Å². The molecule has 5 heteroatoms. The third kappa shape index (κ3) is 3.41. The number of hydrogen-bond donors (Lipinski definition) is 2. The van der Waals surface area contributed by atoms with Gasteiger partial charge in [0.15, 0.2) is 0 Å². The number of fused-ring (bicyclic) bond motifs is 2. The summed E-state index contributed by atoms with van der Waals surface area (Å²) in [7, 11) is 2.09. The van der Waals surface area contributed by atoms with Gasteiger partial charge in [-0.15, -0.1) is 0 Å². The molecule has 174 valence electrons. The molecular formula is C31H25N5. The minimum absolute atomic E-state index is 0.116. The second kappa shape index (κ2) is 8.26. The lowest BCUT2D eigenvalue weighted by molar-refractivity contribution is 0.573. The Morgan fingerprint density at radius 2 is 1.31 bits per heavy atom. The van der Waals surface area contributed by atoms with Crippen LogP contribution in [0.3, 0.4) is 0 Å². The Hall–Kier alpha value is -4.61. The van der Waals surface area contributed by atoms with Gasteiger partial charge in [-0.1, -0.05) is 78.9 Å². The van der Waals surface area contributed by atoms with Crippen LogP contribution in [0.1, 0.15) is 11.7 Å². The first-order valence-electron chi connectivity index (χ1n) is 12.2. The fourth-order valence-electron chi connectivity index (χ4n) is 5.13. The van der Waals surface area contributed by atoms with Crippen molar-refractivity contribution in [2.24, 2.45) is 12.0 Å². The van der Waals surface area contributed by atoms with E-state index in [1.807, 2.05) is 18.2 Å². The maximum atomic E-state index is 4.91. The van der Waals surface area contributed by atoms with Crippen molar-refractivity contribution in [2.75, 3.05) is 0 Å². The van der Waals surface area contributed by atoms with Crippen molar-refractivity contribution in [3.63, 3.8) is 0 Å². The van der Waals surface area contributed by atoms with Crippen LogP contribution in [0.15, 0.2) is 121 Å². The van der Waals surface area contributed by atoms with Crippen LogP contribution in [0.2, 0.25) is 0 Å². The Bertz CT molecular complexity index is 1760. The number of aliphatic imine (C=N–C) groups is 1. The Labute approximate surface area is 209 Å². The van der Waals surface area contributed by atoms with Crippen molar-refractivity contribution in [3.8, 4) is 22.3 Å². The molecule has 5 nitrogen and oxygen atoms in total. The van der Waals surface area contributed by atoms with Gasteiger partial charge in [0, 0.05) is 30.3 Å². The molecule has 0 spiro atoms. The molecule has 6 aromatic rings. The summed E-state index contributed by atoms with van der Waals surface area (Å²) >= 11 is 0. The Morgan fingerprint density at radius 3 is 2.06 bits per heavy atom. The zero-order valence-electron chi connectivity index (χ0n) is 19.9. The maximum absolute atomic E-state index is 4.91. The average molecular weight is 468 g/mol. The normalized spacial score (nSPS) is 15.4. The lowest BCUT2D eigenvalue weighted by Gasteiger charge is -2.12. The number of aryl methyl sites for hydroxylation is 1. The van der Waals surface area contributed by atoms with E-state index in [1.54, 1.807) is 0 Å². The highest BCUT2D eigenvalue weighted by molar-refractivity contribution is 5.98. The molecule has 1 unspecified atom stereocenters. The molecule has 0 radical (unpaired) electrons. The minimum atomic E-state index is -0.116. The lowest BCUT2D eigenvalue weighted by Crippen LogP contribution is -2.34. The predicted octanol–water partition coefficient (Wildman–Crippen LogP) is 6.48. The third-order valence-corrected chi connectivity index (χ3v) is 7.05. The Kier molecular flexibility index (Phi) is 4.76. The van der Waals surface area contributed by atoms with E-state index in [-0.39, 0.29) is 6.17 Å². The van der Waals surface area contributed by atoms with E-state index in [0.717, 1.165) is 17.0 Å². The van der Waals surface area contributed by atoms with Gasteiger partial charge in [-0.25, -0.2) is 10.4 Å². The maximum Gasteiger partial charge on any atom is 0.219 e. The first-order chi connectivity index (χ1) is 17.7. The van der Waals surface area contributed by atoms with E-state index in [4.69, 9.17) is 4.99 Å². The molecule has 3 heterocycles. The van der Waals surface area contributed by atoms with E-state index in [2.05, 4.69) is 124 Å². The van der Waals surface area contributed by atoms with Crippen LogP contribution in [-0.2, 0) is 7.05 Å². The molecule has 1 aliphatic heterocycles. The number of nitrogens with one attached hydrogen (secondary N) is 2. The molecule has 36 heavy (non-hydrogen) atoms. The monoisotopic (exact) mass is 467 g/mol. The third-order valence-electron chi connectivity index (χ3n) is 7.05. The molecule has 0 saturated heterocycles. The SMILES string of the molecule is Cn1ccc2ccc(-c3ccccc3-c3ccc4ccn(C5=NC(c6ccccc6)NN5)c4c3)cc21. The quantitative estimate of drug-likeness (QED) is 0.313.